The van der Waals surface area contributed by atoms with E-state index in [1.54, 1.807) is 0 Å². The Morgan fingerprint density at radius 2 is 1.25 bits per heavy atom. The van der Waals surface area contributed by atoms with Crippen molar-refractivity contribution < 1.29 is 0 Å². The Kier molecular flexibility index (Phi) is 4.86. The lowest BCUT2D eigenvalue weighted by Gasteiger charge is -2.34. The van der Waals surface area contributed by atoms with Crippen molar-refractivity contribution in [1.82, 2.24) is 19.8 Å². The molecule has 4 nitrogen and oxygen atoms in total. The van der Waals surface area contributed by atoms with Gasteiger partial charge >= 0.3 is 0 Å². The Hall–Kier alpha value is -1.78. The zero-order valence-corrected chi connectivity index (χ0v) is 14.2. The summed E-state index contributed by atoms with van der Waals surface area (Å²) < 4.78 is 0. The minimum absolute atomic E-state index is 0.665. The highest BCUT2D eigenvalue weighted by Crippen LogP contribution is 2.31. The fourth-order valence-electron chi connectivity index (χ4n) is 4.37. The SMILES string of the molecule is c1ccc(CN2CCC[C@@H]2[C@H]2CCCN2Cc2ccccn2)nc1. The van der Waals surface area contributed by atoms with Crippen LogP contribution in [0, 0.1) is 0 Å². The summed E-state index contributed by atoms with van der Waals surface area (Å²) in [4.78, 5) is 14.4. The summed E-state index contributed by atoms with van der Waals surface area (Å²) in [7, 11) is 0. The summed E-state index contributed by atoms with van der Waals surface area (Å²) in [6.45, 7) is 4.38. The van der Waals surface area contributed by atoms with Crippen molar-refractivity contribution in [2.75, 3.05) is 13.1 Å². The van der Waals surface area contributed by atoms with E-state index in [0.29, 0.717) is 12.1 Å². The summed E-state index contributed by atoms with van der Waals surface area (Å²) in [5, 5.41) is 0. The Bertz CT molecular complexity index is 573. The molecule has 2 atom stereocenters. The number of pyridine rings is 2. The third kappa shape index (κ3) is 3.50. The van der Waals surface area contributed by atoms with E-state index in [1.807, 2.05) is 24.5 Å². The quantitative estimate of drug-likeness (QED) is 0.847. The lowest BCUT2D eigenvalue weighted by atomic mass is 10.0. The summed E-state index contributed by atoms with van der Waals surface area (Å²) in [6.07, 6.45) is 9.07. The minimum Gasteiger partial charge on any atom is -0.293 e. The summed E-state index contributed by atoms with van der Waals surface area (Å²) >= 11 is 0. The predicted octanol–water partition coefficient (Wildman–Crippen LogP) is 3.11. The molecule has 0 amide bonds. The van der Waals surface area contributed by atoms with Gasteiger partial charge in [-0.2, -0.15) is 0 Å². The number of rotatable bonds is 5. The zero-order chi connectivity index (χ0) is 16.2. The molecular weight excluding hydrogens is 296 g/mol. The van der Waals surface area contributed by atoms with Gasteiger partial charge in [0.15, 0.2) is 0 Å². The average Bonchev–Trinajstić information content (AvgIpc) is 3.26. The first kappa shape index (κ1) is 15.7. The van der Waals surface area contributed by atoms with Crippen molar-refractivity contribution in [3.05, 3.63) is 60.2 Å². The van der Waals surface area contributed by atoms with Gasteiger partial charge in [-0.15, -0.1) is 0 Å². The van der Waals surface area contributed by atoms with Crippen LogP contribution in [0.3, 0.4) is 0 Å². The molecule has 2 aromatic rings. The van der Waals surface area contributed by atoms with E-state index >= 15 is 0 Å². The van der Waals surface area contributed by atoms with Crippen LogP contribution in [0.15, 0.2) is 48.8 Å². The van der Waals surface area contributed by atoms with Gasteiger partial charge in [0.05, 0.1) is 11.4 Å². The van der Waals surface area contributed by atoms with Crippen molar-refractivity contribution in [1.29, 1.82) is 0 Å². The number of likely N-dealkylation sites (tertiary alicyclic amines) is 2. The summed E-state index contributed by atoms with van der Waals surface area (Å²) in [5.41, 5.74) is 2.39. The monoisotopic (exact) mass is 322 g/mol. The second kappa shape index (κ2) is 7.41. The van der Waals surface area contributed by atoms with E-state index in [0.717, 1.165) is 13.1 Å². The second-order valence-electron chi connectivity index (χ2n) is 7.00. The van der Waals surface area contributed by atoms with Crippen molar-refractivity contribution in [2.45, 2.75) is 50.9 Å². The first-order valence-electron chi connectivity index (χ1n) is 9.18. The number of aromatic nitrogens is 2. The highest BCUT2D eigenvalue weighted by atomic mass is 15.3. The largest absolute Gasteiger partial charge is 0.293 e. The van der Waals surface area contributed by atoms with Crippen LogP contribution in [-0.2, 0) is 13.1 Å². The molecule has 24 heavy (non-hydrogen) atoms. The zero-order valence-electron chi connectivity index (χ0n) is 14.2. The van der Waals surface area contributed by atoms with Crippen LogP contribution in [0.4, 0.5) is 0 Å². The van der Waals surface area contributed by atoms with Crippen LogP contribution in [0.1, 0.15) is 37.1 Å². The van der Waals surface area contributed by atoms with E-state index < -0.39 is 0 Å². The molecule has 4 heterocycles. The smallest absolute Gasteiger partial charge is 0.0544 e. The summed E-state index contributed by atoms with van der Waals surface area (Å²) in [5.74, 6) is 0. The van der Waals surface area contributed by atoms with Crippen LogP contribution in [0.25, 0.3) is 0 Å². The van der Waals surface area contributed by atoms with Crippen molar-refractivity contribution in [3.8, 4) is 0 Å². The summed E-state index contributed by atoms with van der Waals surface area (Å²) in [6, 6.07) is 13.8. The maximum absolute atomic E-state index is 4.52. The van der Waals surface area contributed by atoms with E-state index in [1.165, 1.54) is 50.2 Å². The topological polar surface area (TPSA) is 32.3 Å². The van der Waals surface area contributed by atoms with Crippen LogP contribution < -0.4 is 0 Å². The van der Waals surface area contributed by atoms with Gasteiger partial charge in [0.1, 0.15) is 0 Å². The van der Waals surface area contributed by atoms with Crippen LogP contribution in [0.2, 0.25) is 0 Å². The van der Waals surface area contributed by atoms with Crippen molar-refractivity contribution in [2.24, 2.45) is 0 Å². The third-order valence-corrected chi connectivity index (χ3v) is 5.46. The molecule has 0 aliphatic carbocycles. The van der Waals surface area contributed by atoms with Gasteiger partial charge in [-0.25, -0.2) is 0 Å². The molecule has 2 saturated heterocycles. The van der Waals surface area contributed by atoms with E-state index in [-0.39, 0.29) is 0 Å². The molecule has 0 unspecified atom stereocenters. The predicted molar refractivity (Wildman–Crippen MR) is 95.3 cm³/mol. The minimum atomic E-state index is 0.665. The van der Waals surface area contributed by atoms with Crippen LogP contribution in [-0.4, -0.2) is 44.9 Å². The molecule has 0 N–H and O–H groups in total. The van der Waals surface area contributed by atoms with Crippen LogP contribution >= 0.6 is 0 Å². The molecule has 0 saturated carbocycles. The molecule has 0 spiro atoms. The second-order valence-corrected chi connectivity index (χ2v) is 7.00. The first-order valence-corrected chi connectivity index (χ1v) is 9.18. The fraction of sp³-hybridized carbons (Fsp3) is 0.500. The van der Waals surface area contributed by atoms with Crippen molar-refractivity contribution in [3.63, 3.8) is 0 Å². The van der Waals surface area contributed by atoms with Gasteiger partial charge in [0, 0.05) is 37.6 Å². The van der Waals surface area contributed by atoms with Gasteiger partial charge in [0.2, 0.25) is 0 Å². The average molecular weight is 322 g/mol. The van der Waals surface area contributed by atoms with E-state index in [2.05, 4.69) is 44.0 Å². The standard InChI is InChI=1S/C20H26N4/c1-3-11-21-17(7-1)15-23-13-5-9-19(23)20-10-6-14-24(20)16-18-8-2-4-12-22-18/h1-4,7-8,11-12,19-20H,5-6,9-10,13-16H2/t19-,20-/m1/s1. The van der Waals surface area contributed by atoms with Gasteiger partial charge in [-0.05, 0) is 63.0 Å². The maximum atomic E-state index is 4.52. The molecule has 0 radical (unpaired) electrons. The first-order chi connectivity index (χ1) is 11.9. The molecule has 4 heteroatoms. The Morgan fingerprint density at radius 1 is 0.750 bits per heavy atom. The Balaban J connectivity index is 1.44. The third-order valence-electron chi connectivity index (χ3n) is 5.46. The lowest BCUT2D eigenvalue weighted by Crippen LogP contribution is -2.45. The lowest BCUT2D eigenvalue weighted by molar-refractivity contribution is 0.122. The molecule has 2 aliphatic heterocycles. The molecule has 2 aromatic heterocycles. The number of nitrogens with zero attached hydrogens (tertiary/aromatic N) is 4. The molecule has 2 aliphatic rings. The highest BCUT2D eigenvalue weighted by Gasteiger charge is 2.37. The van der Waals surface area contributed by atoms with Crippen molar-refractivity contribution >= 4 is 0 Å². The molecule has 0 bridgehead atoms. The van der Waals surface area contributed by atoms with E-state index in [4.69, 9.17) is 0 Å². The van der Waals surface area contributed by atoms with E-state index in [9.17, 15) is 0 Å². The fourth-order valence-corrected chi connectivity index (χ4v) is 4.37. The molecule has 2 fully saturated rings. The highest BCUT2D eigenvalue weighted by molar-refractivity contribution is 5.07. The Morgan fingerprint density at radius 3 is 1.67 bits per heavy atom. The Labute approximate surface area is 144 Å². The molecule has 126 valence electrons. The normalized spacial score (nSPS) is 25.3. The van der Waals surface area contributed by atoms with Gasteiger partial charge in [-0.1, -0.05) is 12.1 Å². The molecule has 0 aromatic carbocycles. The molecular formula is C20H26N4. The van der Waals surface area contributed by atoms with Gasteiger partial charge in [0.25, 0.3) is 0 Å². The van der Waals surface area contributed by atoms with Crippen LogP contribution in [0.5, 0.6) is 0 Å². The number of hydrogen-bond acceptors (Lipinski definition) is 4. The van der Waals surface area contributed by atoms with Gasteiger partial charge in [-0.3, -0.25) is 19.8 Å². The number of hydrogen-bond donors (Lipinski definition) is 0. The van der Waals surface area contributed by atoms with Gasteiger partial charge < -0.3 is 0 Å². The maximum Gasteiger partial charge on any atom is 0.0544 e. The molecule has 4 rings (SSSR count).